The molecule has 1 fully saturated rings. The highest BCUT2D eigenvalue weighted by Crippen LogP contribution is 2.35. The second kappa shape index (κ2) is 6.96. The van der Waals surface area contributed by atoms with Crippen LogP contribution in [0.5, 0.6) is 0 Å². The molecule has 0 saturated heterocycles. The van der Waals surface area contributed by atoms with Gasteiger partial charge in [0, 0.05) is 16.5 Å². The van der Waals surface area contributed by atoms with Gasteiger partial charge in [-0.05, 0) is 25.3 Å². The fraction of sp³-hybridized carbons (Fsp3) is 0.263. The molecule has 27 heavy (non-hydrogen) atoms. The number of aromatic nitrogens is 2. The van der Waals surface area contributed by atoms with Crippen LogP contribution in [0, 0.1) is 6.92 Å². The van der Waals surface area contributed by atoms with Crippen molar-refractivity contribution in [2.75, 3.05) is 0 Å². The molecule has 0 atom stereocenters. The molecule has 3 aromatic rings. The van der Waals surface area contributed by atoms with Gasteiger partial charge < -0.3 is 5.32 Å². The molecule has 0 bridgehead atoms. The fourth-order valence-corrected chi connectivity index (χ4v) is 3.98. The summed E-state index contributed by atoms with van der Waals surface area (Å²) in [6.45, 7) is 1.69. The summed E-state index contributed by atoms with van der Waals surface area (Å²) in [5, 5.41) is 5.43. The molecule has 2 heterocycles. The quantitative estimate of drug-likeness (QED) is 0.725. The van der Waals surface area contributed by atoms with Gasteiger partial charge >= 0.3 is 6.03 Å². The Morgan fingerprint density at radius 2 is 2.00 bits per heavy atom. The van der Waals surface area contributed by atoms with E-state index in [2.05, 4.69) is 15.6 Å². The first kappa shape index (κ1) is 17.4. The molecule has 3 amide bonds. The number of benzene rings is 1. The van der Waals surface area contributed by atoms with Gasteiger partial charge in [-0.1, -0.05) is 30.3 Å². The summed E-state index contributed by atoms with van der Waals surface area (Å²) in [7, 11) is 0. The van der Waals surface area contributed by atoms with Gasteiger partial charge in [-0.2, -0.15) is 0 Å². The second-order valence-corrected chi connectivity index (χ2v) is 7.76. The van der Waals surface area contributed by atoms with Gasteiger partial charge in [0.25, 0.3) is 5.56 Å². The highest BCUT2D eigenvalue weighted by Gasteiger charge is 2.24. The first-order valence-electron chi connectivity index (χ1n) is 8.67. The van der Waals surface area contributed by atoms with E-state index in [-0.39, 0.29) is 18.1 Å². The number of nitrogens with one attached hydrogen (secondary N) is 2. The third kappa shape index (κ3) is 3.61. The predicted octanol–water partition coefficient (Wildman–Crippen LogP) is 2.42. The molecule has 2 N–H and O–H groups in total. The molecule has 0 spiro atoms. The van der Waals surface area contributed by atoms with Crippen LogP contribution in [-0.2, 0) is 11.3 Å². The molecule has 1 saturated carbocycles. The van der Waals surface area contributed by atoms with Crippen LogP contribution in [0.4, 0.5) is 4.79 Å². The van der Waals surface area contributed by atoms with E-state index in [1.165, 1.54) is 22.2 Å². The molecule has 138 valence electrons. The van der Waals surface area contributed by atoms with Gasteiger partial charge in [-0.3, -0.25) is 19.5 Å². The Morgan fingerprint density at radius 1 is 1.26 bits per heavy atom. The number of hydrogen-bond donors (Lipinski definition) is 2. The normalized spacial score (nSPS) is 13.5. The number of amides is 3. The molecule has 7 nitrogen and oxygen atoms in total. The van der Waals surface area contributed by atoms with Gasteiger partial charge in [-0.15, -0.1) is 11.3 Å². The number of hydrogen-bond acceptors (Lipinski definition) is 5. The number of nitrogens with zero attached hydrogens (tertiary/aromatic N) is 2. The molecule has 0 unspecified atom stereocenters. The fourth-order valence-electron chi connectivity index (χ4n) is 2.97. The first-order chi connectivity index (χ1) is 13.0. The lowest BCUT2D eigenvalue weighted by molar-refractivity contribution is -0.120. The van der Waals surface area contributed by atoms with Crippen LogP contribution in [0.25, 0.3) is 21.3 Å². The maximum atomic E-state index is 13.0. The van der Waals surface area contributed by atoms with E-state index in [4.69, 9.17) is 0 Å². The van der Waals surface area contributed by atoms with Crippen molar-refractivity contribution >= 4 is 33.5 Å². The third-order valence-electron chi connectivity index (χ3n) is 4.40. The number of rotatable bonds is 4. The third-order valence-corrected chi connectivity index (χ3v) is 5.41. The average molecular weight is 382 g/mol. The van der Waals surface area contributed by atoms with Gasteiger partial charge in [0.2, 0.25) is 5.91 Å². The van der Waals surface area contributed by atoms with Crippen molar-refractivity contribution in [1.82, 2.24) is 20.2 Å². The Hall–Kier alpha value is -3.00. The van der Waals surface area contributed by atoms with E-state index in [1.807, 2.05) is 37.3 Å². The van der Waals surface area contributed by atoms with Crippen LogP contribution >= 0.6 is 11.3 Å². The minimum absolute atomic E-state index is 0.153. The largest absolute Gasteiger partial charge is 0.335 e. The van der Waals surface area contributed by atoms with Gasteiger partial charge in [-0.25, -0.2) is 9.78 Å². The molecular formula is C19H18N4O3S. The molecule has 1 aromatic carbocycles. The molecule has 1 aliphatic carbocycles. The zero-order valence-electron chi connectivity index (χ0n) is 14.7. The van der Waals surface area contributed by atoms with Crippen molar-refractivity contribution in [3.63, 3.8) is 0 Å². The summed E-state index contributed by atoms with van der Waals surface area (Å²) >= 11 is 1.45. The van der Waals surface area contributed by atoms with Gasteiger partial charge in [0.15, 0.2) is 0 Å². The zero-order valence-corrected chi connectivity index (χ0v) is 15.5. The van der Waals surface area contributed by atoms with E-state index in [9.17, 15) is 14.4 Å². The summed E-state index contributed by atoms with van der Waals surface area (Å²) in [5.74, 6) is -0.551. The van der Waals surface area contributed by atoms with E-state index in [1.54, 1.807) is 0 Å². The smallest absolute Gasteiger partial charge is 0.321 e. The lowest BCUT2D eigenvalue weighted by Gasteiger charge is -2.08. The van der Waals surface area contributed by atoms with E-state index in [0.29, 0.717) is 10.2 Å². The van der Waals surface area contributed by atoms with Crippen LogP contribution in [0.15, 0.2) is 41.5 Å². The Morgan fingerprint density at radius 3 is 2.70 bits per heavy atom. The highest BCUT2D eigenvalue weighted by molar-refractivity contribution is 7.19. The maximum absolute atomic E-state index is 13.0. The van der Waals surface area contributed by atoms with Gasteiger partial charge in [0.1, 0.15) is 11.4 Å². The lowest BCUT2D eigenvalue weighted by Crippen LogP contribution is -2.42. The molecule has 2 aromatic heterocycles. The standard InChI is InChI=1S/C19H18N4O3S/c1-11-15(12-5-3-2-4-6-12)16-17(27-11)20-10-23(18(16)25)9-14(24)22-19(26)21-13-7-8-13/h2-6,10,13H,7-9H2,1H3,(H2,21,22,24,26). The Balaban J connectivity index is 1.64. The number of fused-ring (bicyclic) bond motifs is 1. The van der Waals surface area contributed by atoms with Crippen molar-refractivity contribution in [3.05, 3.63) is 51.9 Å². The SMILES string of the molecule is Cc1sc2ncn(CC(=O)NC(=O)NC3CC3)c(=O)c2c1-c1ccccc1. The van der Waals surface area contributed by atoms with E-state index in [0.717, 1.165) is 28.8 Å². The molecule has 0 aliphatic heterocycles. The average Bonchev–Trinajstić information content (AvgIpc) is 3.37. The summed E-state index contributed by atoms with van der Waals surface area (Å²) in [5.41, 5.74) is 1.49. The van der Waals surface area contributed by atoms with Crippen LogP contribution in [0.3, 0.4) is 0 Å². The Kier molecular flexibility index (Phi) is 4.49. The number of carbonyl (C=O) groups excluding carboxylic acids is 2. The van der Waals surface area contributed by atoms with Crippen LogP contribution in [-0.4, -0.2) is 27.5 Å². The van der Waals surface area contributed by atoms with Crippen LogP contribution in [0.2, 0.25) is 0 Å². The lowest BCUT2D eigenvalue weighted by atomic mass is 10.0. The van der Waals surface area contributed by atoms with Crippen molar-refractivity contribution in [2.24, 2.45) is 0 Å². The number of aryl methyl sites for hydroxylation is 1. The summed E-state index contributed by atoms with van der Waals surface area (Å²) in [6.07, 6.45) is 3.22. The van der Waals surface area contributed by atoms with Crippen molar-refractivity contribution < 1.29 is 9.59 Å². The van der Waals surface area contributed by atoms with Crippen molar-refractivity contribution in [1.29, 1.82) is 0 Å². The van der Waals surface area contributed by atoms with E-state index < -0.39 is 11.9 Å². The minimum atomic E-state index is -0.551. The molecule has 4 rings (SSSR count). The predicted molar refractivity (Wildman–Crippen MR) is 104 cm³/mol. The van der Waals surface area contributed by atoms with Crippen molar-refractivity contribution in [3.8, 4) is 11.1 Å². The minimum Gasteiger partial charge on any atom is -0.335 e. The summed E-state index contributed by atoms with van der Waals surface area (Å²) in [6, 6.07) is 9.26. The topological polar surface area (TPSA) is 93.1 Å². The highest BCUT2D eigenvalue weighted by atomic mass is 32.1. The van der Waals surface area contributed by atoms with Crippen LogP contribution < -0.4 is 16.2 Å². The summed E-state index contributed by atoms with van der Waals surface area (Å²) in [4.78, 5) is 42.8. The molecule has 1 aliphatic rings. The number of urea groups is 1. The Labute approximate surface area is 159 Å². The monoisotopic (exact) mass is 382 g/mol. The van der Waals surface area contributed by atoms with Crippen molar-refractivity contribution in [2.45, 2.75) is 32.4 Å². The number of carbonyl (C=O) groups is 2. The number of imide groups is 1. The molecular weight excluding hydrogens is 364 g/mol. The first-order valence-corrected chi connectivity index (χ1v) is 9.49. The van der Waals surface area contributed by atoms with Gasteiger partial charge in [0.05, 0.1) is 11.7 Å². The van der Waals surface area contributed by atoms with E-state index >= 15 is 0 Å². The number of thiophene rings is 1. The summed E-state index contributed by atoms with van der Waals surface area (Å²) < 4.78 is 1.24. The maximum Gasteiger partial charge on any atom is 0.321 e. The molecule has 0 radical (unpaired) electrons. The molecule has 8 heteroatoms. The zero-order chi connectivity index (χ0) is 19.0. The second-order valence-electron chi connectivity index (χ2n) is 6.55. The van der Waals surface area contributed by atoms with Crippen LogP contribution in [0.1, 0.15) is 17.7 Å². The Bertz CT molecular complexity index is 1080.